The van der Waals surface area contributed by atoms with Crippen LogP contribution in [0.3, 0.4) is 0 Å². The molecule has 0 spiro atoms. The monoisotopic (exact) mass is 304 g/mol. The van der Waals surface area contributed by atoms with Crippen LogP contribution in [-0.2, 0) is 0 Å². The summed E-state index contributed by atoms with van der Waals surface area (Å²) in [5.74, 6) is 0.829. The molecule has 3 rings (SSSR count). The fraction of sp³-hybridized carbons (Fsp3) is 0.438. The molecule has 1 heterocycles. The number of para-hydroxylation sites is 1. The third-order valence-electron chi connectivity index (χ3n) is 4.14. The normalized spacial score (nSPS) is 24.8. The number of H-pyrrole nitrogens is 1. The number of carbonyl (C=O) groups is 1. The van der Waals surface area contributed by atoms with Gasteiger partial charge in [-0.25, -0.2) is 0 Å². The van der Waals surface area contributed by atoms with Crippen LogP contribution in [0.1, 0.15) is 30.3 Å². The number of aromatic amines is 1. The molecule has 0 unspecified atom stereocenters. The zero-order chi connectivity index (χ0) is 14.9. The number of amides is 1. The molecule has 4 nitrogen and oxygen atoms in total. The maximum Gasteiger partial charge on any atom is 0.267 e. The molecule has 1 aliphatic carbocycles. The number of benzene rings is 1. The molecule has 1 saturated carbocycles. The van der Waals surface area contributed by atoms with Crippen LogP contribution in [0.25, 0.3) is 10.9 Å². The number of aliphatic hydroxyl groups is 1. The van der Waals surface area contributed by atoms with Gasteiger partial charge < -0.3 is 15.4 Å². The van der Waals surface area contributed by atoms with Crippen molar-refractivity contribution in [3.05, 3.63) is 36.0 Å². The molecule has 5 heteroatoms. The van der Waals surface area contributed by atoms with Crippen molar-refractivity contribution in [2.75, 3.05) is 12.3 Å². The average molecular weight is 304 g/mol. The van der Waals surface area contributed by atoms with Crippen molar-refractivity contribution in [3.63, 3.8) is 0 Å². The number of nitrogens with one attached hydrogen (secondary N) is 2. The lowest BCUT2D eigenvalue weighted by Crippen LogP contribution is -2.57. The van der Waals surface area contributed by atoms with Crippen molar-refractivity contribution >= 4 is 28.6 Å². The Labute approximate surface area is 128 Å². The van der Waals surface area contributed by atoms with Gasteiger partial charge in [-0.15, -0.1) is 0 Å². The lowest BCUT2D eigenvalue weighted by atomic mass is 9.79. The summed E-state index contributed by atoms with van der Waals surface area (Å²) >= 11 is 1.77. The van der Waals surface area contributed by atoms with Gasteiger partial charge in [0, 0.05) is 22.7 Å². The van der Waals surface area contributed by atoms with Crippen molar-refractivity contribution in [2.24, 2.45) is 0 Å². The van der Waals surface area contributed by atoms with Gasteiger partial charge in [0.25, 0.3) is 5.91 Å². The van der Waals surface area contributed by atoms with Gasteiger partial charge in [-0.05, 0) is 30.7 Å². The molecule has 1 fully saturated rings. The Morgan fingerprint density at radius 3 is 3.00 bits per heavy atom. The second-order valence-corrected chi connectivity index (χ2v) is 7.02. The summed E-state index contributed by atoms with van der Waals surface area (Å²) in [7, 11) is 0. The van der Waals surface area contributed by atoms with E-state index in [1.807, 2.05) is 30.3 Å². The number of thioether (sulfide) groups is 1. The van der Waals surface area contributed by atoms with E-state index in [-0.39, 0.29) is 11.2 Å². The molecule has 1 amide bonds. The minimum absolute atomic E-state index is 0.160. The molecular weight excluding hydrogens is 284 g/mol. The summed E-state index contributed by atoms with van der Waals surface area (Å²) in [6, 6.07) is 9.63. The highest BCUT2D eigenvalue weighted by molar-refractivity contribution is 8.00. The van der Waals surface area contributed by atoms with E-state index in [1.165, 1.54) is 0 Å². The van der Waals surface area contributed by atoms with Crippen LogP contribution in [0.15, 0.2) is 30.3 Å². The lowest BCUT2D eigenvalue weighted by Gasteiger charge is -2.45. The Morgan fingerprint density at radius 1 is 1.52 bits per heavy atom. The largest absolute Gasteiger partial charge is 0.387 e. The van der Waals surface area contributed by atoms with Crippen LogP contribution < -0.4 is 5.32 Å². The quantitative estimate of drug-likeness (QED) is 0.795. The van der Waals surface area contributed by atoms with Gasteiger partial charge in [-0.1, -0.05) is 25.1 Å². The molecule has 112 valence electrons. The summed E-state index contributed by atoms with van der Waals surface area (Å²) in [5, 5.41) is 14.6. The number of aromatic nitrogens is 1. The van der Waals surface area contributed by atoms with Gasteiger partial charge in [0.2, 0.25) is 0 Å². The number of hydrogen-bond acceptors (Lipinski definition) is 3. The van der Waals surface area contributed by atoms with Crippen LogP contribution in [0, 0.1) is 0 Å². The van der Waals surface area contributed by atoms with Gasteiger partial charge in [-0.2, -0.15) is 11.8 Å². The van der Waals surface area contributed by atoms with Crippen LogP contribution in [-0.4, -0.2) is 39.1 Å². The van der Waals surface area contributed by atoms with Crippen molar-refractivity contribution in [1.29, 1.82) is 0 Å². The Balaban J connectivity index is 1.64. The Hall–Kier alpha value is -1.46. The molecule has 1 aromatic heterocycles. The predicted molar refractivity (Wildman–Crippen MR) is 86.7 cm³/mol. The summed E-state index contributed by atoms with van der Waals surface area (Å²) in [6.07, 6.45) is 1.79. The first-order valence-electron chi connectivity index (χ1n) is 7.32. The van der Waals surface area contributed by atoms with E-state index in [2.05, 4.69) is 17.2 Å². The zero-order valence-corrected chi connectivity index (χ0v) is 12.9. The second-order valence-electron chi connectivity index (χ2n) is 5.54. The van der Waals surface area contributed by atoms with E-state index >= 15 is 0 Å². The molecule has 0 aliphatic heterocycles. The molecule has 2 atom stereocenters. The molecule has 21 heavy (non-hydrogen) atoms. The van der Waals surface area contributed by atoms with E-state index in [4.69, 9.17) is 0 Å². The Morgan fingerprint density at radius 2 is 2.33 bits per heavy atom. The fourth-order valence-electron chi connectivity index (χ4n) is 2.76. The predicted octanol–water partition coefficient (Wildman–Crippen LogP) is 2.54. The summed E-state index contributed by atoms with van der Waals surface area (Å²) in [4.78, 5) is 15.3. The third-order valence-corrected chi connectivity index (χ3v) is 5.55. The summed E-state index contributed by atoms with van der Waals surface area (Å²) < 4.78 is 0. The first-order chi connectivity index (χ1) is 10.1. The highest BCUT2D eigenvalue weighted by atomic mass is 32.2. The average Bonchev–Trinajstić information content (AvgIpc) is 2.93. The van der Waals surface area contributed by atoms with Crippen molar-refractivity contribution in [1.82, 2.24) is 10.3 Å². The van der Waals surface area contributed by atoms with Gasteiger partial charge in [0.05, 0.1) is 5.60 Å². The molecule has 3 N–H and O–H groups in total. The maximum absolute atomic E-state index is 12.2. The Kier molecular flexibility index (Phi) is 3.95. The number of rotatable bonds is 5. The topological polar surface area (TPSA) is 65.1 Å². The molecule has 1 aromatic carbocycles. The van der Waals surface area contributed by atoms with Crippen molar-refractivity contribution in [3.8, 4) is 0 Å². The van der Waals surface area contributed by atoms with Crippen LogP contribution in [0.4, 0.5) is 0 Å². The lowest BCUT2D eigenvalue weighted by molar-refractivity contribution is -0.0222. The standard InChI is InChI=1S/C16H20N2O2S/c1-2-21-14-7-8-16(14,20)10-17-15(19)13-9-11-5-3-4-6-12(11)18-13/h3-6,9,14,18,20H,2,7-8,10H2,1H3,(H,17,19)/t14-,16+/m1/s1. The van der Waals surface area contributed by atoms with Crippen LogP contribution in [0.5, 0.6) is 0 Å². The van der Waals surface area contributed by atoms with E-state index in [9.17, 15) is 9.90 Å². The number of hydrogen-bond donors (Lipinski definition) is 3. The smallest absolute Gasteiger partial charge is 0.267 e. The first kappa shape index (κ1) is 14.5. The fourth-order valence-corrected chi connectivity index (χ4v) is 3.96. The summed E-state index contributed by atoms with van der Waals surface area (Å²) in [6.45, 7) is 2.41. The zero-order valence-electron chi connectivity index (χ0n) is 12.1. The van der Waals surface area contributed by atoms with E-state index in [1.54, 1.807) is 11.8 Å². The number of carbonyl (C=O) groups excluding carboxylic acids is 1. The highest BCUT2D eigenvalue weighted by Gasteiger charge is 2.45. The summed E-state index contributed by atoms with van der Waals surface area (Å²) in [5.41, 5.74) is 0.741. The maximum atomic E-state index is 12.2. The van der Waals surface area contributed by atoms with E-state index in [0.717, 1.165) is 29.5 Å². The van der Waals surface area contributed by atoms with Crippen molar-refractivity contribution in [2.45, 2.75) is 30.6 Å². The third kappa shape index (κ3) is 2.80. The van der Waals surface area contributed by atoms with Gasteiger partial charge in [0.1, 0.15) is 5.69 Å². The Bertz CT molecular complexity index is 622. The molecule has 2 aromatic rings. The first-order valence-corrected chi connectivity index (χ1v) is 8.37. The van der Waals surface area contributed by atoms with Gasteiger partial charge in [-0.3, -0.25) is 4.79 Å². The minimum atomic E-state index is -0.748. The molecular formula is C16H20N2O2S. The van der Waals surface area contributed by atoms with Gasteiger partial charge >= 0.3 is 0 Å². The minimum Gasteiger partial charge on any atom is -0.387 e. The highest BCUT2D eigenvalue weighted by Crippen LogP contribution is 2.40. The van der Waals surface area contributed by atoms with Gasteiger partial charge in [0.15, 0.2) is 0 Å². The van der Waals surface area contributed by atoms with Crippen LogP contribution >= 0.6 is 11.8 Å². The van der Waals surface area contributed by atoms with E-state index < -0.39 is 5.60 Å². The molecule has 0 radical (unpaired) electrons. The van der Waals surface area contributed by atoms with Crippen molar-refractivity contribution < 1.29 is 9.90 Å². The van der Waals surface area contributed by atoms with Crippen LogP contribution in [0.2, 0.25) is 0 Å². The van der Waals surface area contributed by atoms with E-state index in [0.29, 0.717) is 12.2 Å². The second kappa shape index (κ2) is 5.73. The SMILES string of the molecule is CCS[C@@H]1CC[C@]1(O)CNC(=O)c1cc2ccccc2[nH]1. The number of fused-ring (bicyclic) bond motifs is 1. The molecule has 0 bridgehead atoms. The molecule has 1 aliphatic rings. The molecule has 0 saturated heterocycles.